The average Bonchev–Trinajstić information content (AvgIpc) is 3.12. The first kappa shape index (κ1) is 38.5. The monoisotopic (exact) mass is 666 g/mol. The smallest absolute Gasteiger partial charge is 0.346 e. The lowest BCUT2D eigenvalue weighted by atomic mass is 9.74. The summed E-state index contributed by atoms with van der Waals surface area (Å²) < 4.78 is 28.2. The number of fused-ring (bicyclic) bond motifs is 2. The highest BCUT2D eigenvalue weighted by atomic mass is 16.8. The summed E-state index contributed by atoms with van der Waals surface area (Å²) in [5, 5.41) is 46.2. The van der Waals surface area contributed by atoms with Crippen molar-refractivity contribution in [3.05, 3.63) is 35.9 Å². The second kappa shape index (κ2) is 13.2. The SMILES string of the molecule is C[C@H](Cc1ccccc1)[C@H](O)C(=O)CC[C@]12O[C@H](C(=O)OC(C)(C)C)[C@@](O)(C(=O)OC(C)(C)C)[C@](C(=O)OC(C)(C)C)(O1)[C@H](O)[C@H]2O. The Morgan fingerprint density at radius 3 is 1.85 bits per heavy atom. The molecule has 47 heavy (non-hydrogen) atoms. The summed E-state index contributed by atoms with van der Waals surface area (Å²) in [5.74, 6) is -8.21. The van der Waals surface area contributed by atoms with Crippen molar-refractivity contribution in [3.63, 3.8) is 0 Å². The maximum Gasteiger partial charge on any atom is 0.346 e. The van der Waals surface area contributed by atoms with E-state index in [0.717, 1.165) is 5.56 Å². The van der Waals surface area contributed by atoms with Crippen LogP contribution in [-0.4, -0.2) is 102 Å². The van der Waals surface area contributed by atoms with Gasteiger partial charge in [-0.3, -0.25) is 4.79 Å². The van der Waals surface area contributed by atoms with Crippen molar-refractivity contribution in [2.75, 3.05) is 0 Å². The molecule has 3 rings (SSSR count). The molecule has 0 unspecified atom stereocenters. The predicted molar refractivity (Wildman–Crippen MR) is 165 cm³/mol. The molecule has 2 fully saturated rings. The fourth-order valence-corrected chi connectivity index (χ4v) is 5.71. The number of Topliss-reactive ketones (excluding diaryl/α,β-unsaturated/α-hetero) is 1. The van der Waals surface area contributed by atoms with Crippen LogP contribution < -0.4 is 0 Å². The van der Waals surface area contributed by atoms with Crippen LogP contribution in [0.5, 0.6) is 0 Å². The molecule has 0 spiro atoms. The van der Waals surface area contributed by atoms with Crippen molar-refractivity contribution in [1.29, 1.82) is 0 Å². The van der Waals surface area contributed by atoms with E-state index in [1.165, 1.54) is 62.3 Å². The van der Waals surface area contributed by atoms with E-state index < -0.39 is 101 Å². The third-order valence-corrected chi connectivity index (χ3v) is 7.79. The summed E-state index contributed by atoms with van der Waals surface area (Å²) >= 11 is 0. The van der Waals surface area contributed by atoms with Gasteiger partial charge in [0.2, 0.25) is 17.3 Å². The molecule has 4 N–H and O–H groups in total. The largest absolute Gasteiger partial charge is 0.458 e. The van der Waals surface area contributed by atoms with Crippen LogP contribution in [0.1, 0.15) is 87.6 Å². The number of carbonyl (C=O) groups excluding carboxylic acids is 4. The number of esters is 3. The summed E-state index contributed by atoms with van der Waals surface area (Å²) in [7, 11) is 0. The van der Waals surface area contributed by atoms with Crippen LogP contribution >= 0.6 is 0 Å². The molecule has 0 aromatic heterocycles. The molecule has 2 saturated heterocycles. The maximum absolute atomic E-state index is 14.0. The lowest BCUT2D eigenvalue weighted by Crippen LogP contribution is -2.79. The first-order valence-electron chi connectivity index (χ1n) is 15.7. The van der Waals surface area contributed by atoms with Crippen LogP contribution in [0.15, 0.2) is 30.3 Å². The van der Waals surface area contributed by atoms with Gasteiger partial charge in [-0.25, -0.2) is 14.4 Å². The Hall–Kier alpha value is -2.94. The Labute approximate surface area is 275 Å². The summed E-state index contributed by atoms with van der Waals surface area (Å²) in [6.45, 7) is 15.0. The topological polar surface area (TPSA) is 195 Å². The van der Waals surface area contributed by atoms with E-state index in [0.29, 0.717) is 6.42 Å². The zero-order valence-electron chi connectivity index (χ0n) is 28.9. The van der Waals surface area contributed by atoms with Crippen molar-refractivity contribution < 1.29 is 63.3 Å². The number of hydrogen-bond acceptors (Lipinski definition) is 13. The number of rotatable bonds is 10. The van der Waals surface area contributed by atoms with Gasteiger partial charge in [0.15, 0.2) is 11.6 Å². The van der Waals surface area contributed by atoms with Gasteiger partial charge in [0, 0.05) is 12.8 Å². The summed E-state index contributed by atoms with van der Waals surface area (Å²) in [5.41, 5.74) is -9.57. The Morgan fingerprint density at radius 2 is 1.34 bits per heavy atom. The van der Waals surface area contributed by atoms with Gasteiger partial charge in [0.1, 0.15) is 35.1 Å². The summed E-state index contributed by atoms with van der Waals surface area (Å²) in [4.78, 5) is 54.9. The molecular weight excluding hydrogens is 616 g/mol. The second-order valence-corrected chi connectivity index (χ2v) is 15.4. The van der Waals surface area contributed by atoms with Gasteiger partial charge < -0.3 is 44.1 Å². The van der Waals surface area contributed by atoms with Crippen LogP contribution in [0.3, 0.4) is 0 Å². The first-order valence-corrected chi connectivity index (χ1v) is 15.7. The molecule has 0 amide bonds. The highest BCUT2D eigenvalue weighted by Crippen LogP contribution is 2.56. The van der Waals surface area contributed by atoms with E-state index in [9.17, 15) is 39.6 Å². The third-order valence-electron chi connectivity index (χ3n) is 7.79. The van der Waals surface area contributed by atoms with Gasteiger partial charge in [0.05, 0.1) is 0 Å². The van der Waals surface area contributed by atoms with E-state index in [1.807, 2.05) is 30.3 Å². The minimum atomic E-state index is -3.47. The maximum atomic E-state index is 14.0. The average molecular weight is 667 g/mol. The van der Waals surface area contributed by atoms with E-state index in [1.54, 1.807) is 6.92 Å². The van der Waals surface area contributed by atoms with Gasteiger partial charge in [0.25, 0.3) is 0 Å². The summed E-state index contributed by atoms with van der Waals surface area (Å²) in [6, 6.07) is 9.20. The molecule has 8 atom stereocenters. The minimum absolute atomic E-state index is 0.374. The lowest BCUT2D eigenvalue weighted by Gasteiger charge is -2.51. The second-order valence-electron chi connectivity index (χ2n) is 15.4. The molecule has 1 aromatic rings. The van der Waals surface area contributed by atoms with Crippen LogP contribution in [0.25, 0.3) is 0 Å². The Kier molecular flexibility index (Phi) is 10.8. The minimum Gasteiger partial charge on any atom is -0.458 e. The highest BCUT2D eigenvalue weighted by Gasteiger charge is 2.85. The van der Waals surface area contributed by atoms with Crippen molar-refractivity contribution in [2.24, 2.45) is 5.92 Å². The molecule has 2 bridgehead atoms. The zero-order chi connectivity index (χ0) is 36.0. The van der Waals surface area contributed by atoms with E-state index in [2.05, 4.69) is 0 Å². The zero-order valence-corrected chi connectivity index (χ0v) is 28.9. The van der Waals surface area contributed by atoms with Crippen molar-refractivity contribution >= 4 is 23.7 Å². The van der Waals surface area contributed by atoms with Crippen molar-refractivity contribution in [2.45, 2.75) is 147 Å². The van der Waals surface area contributed by atoms with Crippen LogP contribution in [-0.2, 0) is 49.3 Å². The van der Waals surface area contributed by atoms with E-state index in [4.69, 9.17) is 23.7 Å². The van der Waals surface area contributed by atoms with Crippen molar-refractivity contribution in [3.8, 4) is 0 Å². The van der Waals surface area contributed by atoms with Crippen LogP contribution in [0.4, 0.5) is 0 Å². The molecular formula is C34H50O13. The van der Waals surface area contributed by atoms with Gasteiger partial charge in [-0.15, -0.1) is 0 Å². The van der Waals surface area contributed by atoms with Crippen LogP contribution in [0.2, 0.25) is 0 Å². The number of ether oxygens (including phenoxy) is 5. The molecule has 2 aliphatic rings. The van der Waals surface area contributed by atoms with E-state index >= 15 is 0 Å². The first-order chi connectivity index (χ1) is 21.3. The van der Waals surface area contributed by atoms with Gasteiger partial charge >= 0.3 is 17.9 Å². The van der Waals surface area contributed by atoms with Crippen LogP contribution in [0, 0.1) is 5.92 Å². The number of carbonyl (C=O) groups is 4. The number of aliphatic hydroxyl groups is 4. The Morgan fingerprint density at radius 1 is 0.830 bits per heavy atom. The normalized spacial score (nSPS) is 30.6. The Balaban J connectivity index is 2.11. The number of benzene rings is 1. The number of hydrogen-bond donors (Lipinski definition) is 4. The molecule has 2 heterocycles. The summed E-state index contributed by atoms with van der Waals surface area (Å²) in [6.07, 6.45) is -9.33. The quantitative estimate of drug-likeness (QED) is 0.209. The lowest BCUT2D eigenvalue weighted by molar-refractivity contribution is -0.378. The predicted octanol–water partition coefficient (Wildman–Crippen LogP) is 1.92. The fraction of sp³-hybridized carbons (Fsp3) is 0.706. The molecule has 264 valence electrons. The van der Waals surface area contributed by atoms with Gasteiger partial charge in [-0.05, 0) is 80.2 Å². The van der Waals surface area contributed by atoms with E-state index in [-0.39, 0.29) is 0 Å². The molecule has 0 aliphatic carbocycles. The molecule has 0 saturated carbocycles. The van der Waals surface area contributed by atoms with Gasteiger partial charge in [-0.1, -0.05) is 37.3 Å². The third kappa shape index (κ3) is 7.87. The standard InChI is InChI=1S/C34H50O13/c1-19(18-20-14-12-11-13-15-20)22(36)21(35)16-17-32-23(37)24(38)34(47-32,28(41)46-31(8,9)10)33(42,27(40)45-30(5,6)7)25(43-32)26(39)44-29(2,3)4/h11-15,19,22-25,36-38,42H,16-18H2,1-10H3/t19-,22+,23-,24-,25-,32+,33-,34+/m1/s1. The molecule has 13 heteroatoms. The molecule has 1 aromatic carbocycles. The highest BCUT2D eigenvalue weighted by molar-refractivity contribution is 5.99. The van der Waals surface area contributed by atoms with Gasteiger partial charge in [-0.2, -0.15) is 0 Å². The van der Waals surface area contributed by atoms with Crippen molar-refractivity contribution in [1.82, 2.24) is 0 Å². The molecule has 2 aliphatic heterocycles. The molecule has 0 radical (unpaired) electrons. The number of aliphatic hydroxyl groups excluding tert-OH is 3. The fourth-order valence-electron chi connectivity index (χ4n) is 5.71. The molecule has 13 nitrogen and oxygen atoms in total. The number of ketones is 1. The Bertz CT molecular complexity index is 1320.